The molecule has 80 valence electrons. The molecule has 0 aliphatic heterocycles. The molecule has 0 heterocycles. The number of aliphatic hydroxyl groups excluding tert-OH is 2. The zero-order valence-corrected chi connectivity index (χ0v) is 9.08. The van der Waals surface area contributed by atoms with Gasteiger partial charge in [-0.15, -0.1) is 0 Å². The van der Waals surface area contributed by atoms with Gasteiger partial charge in [-0.1, -0.05) is 13.3 Å². The van der Waals surface area contributed by atoms with E-state index in [2.05, 4.69) is 6.92 Å². The molecule has 2 rings (SSSR count). The Balaban J connectivity index is 2.33. The fraction of sp³-hybridized carbons (Fsp3) is 0.833. The number of aliphatic hydroxyl groups is 2. The van der Waals surface area contributed by atoms with Crippen LogP contribution in [0.15, 0.2) is 11.3 Å². The van der Waals surface area contributed by atoms with Gasteiger partial charge < -0.3 is 10.2 Å². The Morgan fingerprint density at radius 1 is 1.36 bits per heavy atom. The quantitative estimate of drug-likeness (QED) is 0.625. The van der Waals surface area contributed by atoms with Gasteiger partial charge in [0.05, 0.1) is 11.9 Å². The van der Waals surface area contributed by atoms with Crippen LogP contribution >= 0.6 is 0 Å². The minimum atomic E-state index is -0.177. The Hall–Kier alpha value is -0.500. The summed E-state index contributed by atoms with van der Waals surface area (Å²) >= 11 is 0. The smallest absolute Gasteiger partial charge is 0.0915 e. The van der Waals surface area contributed by atoms with Crippen molar-refractivity contribution in [2.24, 2.45) is 11.3 Å². The molecule has 2 nitrogen and oxygen atoms in total. The van der Waals surface area contributed by atoms with Crippen molar-refractivity contribution in [2.45, 2.75) is 52.1 Å². The van der Waals surface area contributed by atoms with E-state index in [1.165, 1.54) is 0 Å². The average Bonchev–Trinajstić information content (AvgIpc) is 2.16. The summed E-state index contributed by atoms with van der Waals surface area (Å²) in [6.07, 6.45) is 4.65. The topological polar surface area (TPSA) is 40.5 Å². The lowest BCUT2D eigenvalue weighted by Gasteiger charge is -2.48. The summed E-state index contributed by atoms with van der Waals surface area (Å²) < 4.78 is 0. The molecule has 0 aromatic carbocycles. The summed E-state index contributed by atoms with van der Waals surface area (Å²) in [5.41, 5.74) is 1.15. The third-order valence-corrected chi connectivity index (χ3v) is 4.41. The molecular formula is C12H20O2. The lowest BCUT2D eigenvalue weighted by atomic mass is 9.58. The molecule has 2 aliphatic carbocycles. The van der Waals surface area contributed by atoms with Crippen LogP contribution in [-0.4, -0.2) is 16.3 Å². The van der Waals surface area contributed by atoms with E-state index in [1.807, 2.05) is 6.92 Å². The molecule has 1 fully saturated rings. The molecule has 0 aromatic rings. The molecule has 0 aromatic heterocycles. The highest BCUT2D eigenvalue weighted by Crippen LogP contribution is 2.51. The molecular weight excluding hydrogens is 176 g/mol. The molecule has 1 saturated carbocycles. The van der Waals surface area contributed by atoms with Gasteiger partial charge in [0, 0.05) is 11.8 Å². The number of fused-ring (bicyclic) bond motifs is 1. The fourth-order valence-corrected chi connectivity index (χ4v) is 3.24. The standard InChI is InChI=1S/C12H20O2/c1-8-9-4-3-5-11(14)12(9,2)7-6-10(8)13/h9,11,13-14H,3-7H2,1-2H3/t9-,11-,12-/m0/s1. The molecule has 2 aliphatic rings. The molecule has 0 unspecified atom stereocenters. The van der Waals surface area contributed by atoms with Gasteiger partial charge in [-0.3, -0.25) is 0 Å². The van der Waals surface area contributed by atoms with E-state index >= 15 is 0 Å². The fourth-order valence-electron chi connectivity index (χ4n) is 3.24. The third-order valence-electron chi connectivity index (χ3n) is 4.41. The number of hydrogen-bond acceptors (Lipinski definition) is 2. The molecule has 14 heavy (non-hydrogen) atoms. The van der Waals surface area contributed by atoms with Crippen LogP contribution in [0.3, 0.4) is 0 Å². The van der Waals surface area contributed by atoms with Crippen molar-refractivity contribution < 1.29 is 10.2 Å². The lowest BCUT2D eigenvalue weighted by Crippen LogP contribution is -2.45. The van der Waals surface area contributed by atoms with Crippen LogP contribution in [0.5, 0.6) is 0 Å². The van der Waals surface area contributed by atoms with E-state index in [0.717, 1.165) is 37.7 Å². The summed E-state index contributed by atoms with van der Waals surface area (Å²) in [6, 6.07) is 0. The third kappa shape index (κ3) is 1.28. The van der Waals surface area contributed by atoms with Gasteiger partial charge in [0.2, 0.25) is 0 Å². The maximum atomic E-state index is 10.1. The number of hydrogen-bond donors (Lipinski definition) is 2. The van der Waals surface area contributed by atoms with Gasteiger partial charge in [0.25, 0.3) is 0 Å². The highest BCUT2D eigenvalue weighted by molar-refractivity contribution is 5.19. The van der Waals surface area contributed by atoms with Crippen molar-refractivity contribution in [1.29, 1.82) is 0 Å². The monoisotopic (exact) mass is 196 g/mol. The Morgan fingerprint density at radius 2 is 2.07 bits per heavy atom. The van der Waals surface area contributed by atoms with Gasteiger partial charge >= 0.3 is 0 Å². The van der Waals surface area contributed by atoms with Crippen LogP contribution in [0.25, 0.3) is 0 Å². The van der Waals surface area contributed by atoms with Crippen LogP contribution in [0.4, 0.5) is 0 Å². The van der Waals surface area contributed by atoms with E-state index in [9.17, 15) is 10.2 Å². The Labute approximate surface area is 85.6 Å². The zero-order chi connectivity index (χ0) is 10.3. The number of allylic oxidation sites excluding steroid dienone is 2. The van der Waals surface area contributed by atoms with Crippen LogP contribution in [0.2, 0.25) is 0 Å². The van der Waals surface area contributed by atoms with Crippen molar-refractivity contribution in [1.82, 2.24) is 0 Å². The number of rotatable bonds is 0. The predicted molar refractivity (Wildman–Crippen MR) is 56.0 cm³/mol. The van der Waals surface area contributed by atoms with Gasteiger partial charge in [0.1, 0.15) is 0 Å². The summed E-state index contributed by atoms with van der Waals surface area (Å²) in [7, 11) is 0. The van der Waals surface area contributed by atoms with Gasteiger partial charge in [0.15, 0.2) is 0 Å². The van der Waals surface area contributed by atoms with Crippen LogP contribution < -0.4 is 0 Å². The largest absolute Gasteiger partial charge is 0.512 e. The molecule has 0 spiro atoms. The van der Waals surface area contributed by atoms with Crippen molar-refractivity contribution in [3.8, 4) is 0 Å². The molecule has 0 saturated heterocycles. The maximum absolute atomic E-state index is 10.1. The summed E-state index contributed by atoms with van der Waals surface area (Å²) in [4.78, 5) is 0. The minimum Gasteiger partial charge on any atom is -0.512 e. The molecule has 2 N–H and O–H groups in total. The Bertz CT molecular complexity index is 269. The zero-order valence-electron chi connectivity index (χ0n) is 9.08. The average molecular weight is 196 g/mol. The summed E-state index contributed by atoms with van der Waals surface area (Å²) in [5.74, 6) is 0.974. The first-order valence-electron chi connectivity index (χ1n) is 5.62. The van der Waals surface area contributed by atoms with Crippen molar-refractivity contribution >= 4 is 0 Å². The Kier molecular flexibility index (Phi) is 2.34. The molecule has 0 radical (unpaired) electrons. The maximum Gasteiger partial charge on any atom is 0.0915 e. The van der Waals surface area contributed by atoms with Crippen LogP contribution in [0, 0.1) is 11.3 Å². The van der Waals surface area contributed by atoms with Gasteiger partial charge in [-0.25, -0.2) is 0 Å². The van der Waals surface area contributed by atoms with E-state index in [1.54, 1.807) is 0 Å². The van der Waals surface area contributed by atoms with Crippen LogP contribution in [-0.2, 0) is 0 Å². The molecule has 0 bridgehead atoms. The normalized spacial score (nSPS) is 43.6. The highest BCUT2D eigenvalue weighted by Gasteiger charge is 2.46. The molecule has 3 atom stereocenters. The first-order valence-corrected chi connectivity index (χ1v) is 5.62. The summed E-state index contributed by atoms with van der Waals surface area (Å²) in [6.45, 7) is 4.20. The van der Waals surface area contributed by atoms with Crippen molar-refractivity contribution in [3.63, 3.8) is 0 Å². The van der Waals surface area contributed by atoms with E-state index in [4.69, 9.17) is 0 Å². The van der Waals surface area contributed by atoms with E-state index < -0.39 is 0 Å². The Morgan fingerprint density at radius 3 is 2.79 bits per heavy atom. The van der Waals surface area contributed by atoms with Gasteiger partial charge in [-0.2, -0.15) is 0 Å². The molecule has 2 heteroatoms. The SMILES string of the molecule is CC1=C(O)CC[C@]2(C)[C@@H](O)CCC[C@@H]12. The first-order chi connectivity index (χ1) is 6.55. The summed E-state index contributed by atoms with van der Waals surface area (Å²) in [5, 5.41) is 19.8. The van der Waals surface area contributed by atoms with E-state index in [-0.39, 0.29) is 11.5 Å². The predicted octanol–water partition coefficient (Wildman–Crippen LogP) is 2.78. The van der Waals surface area contributed by atoms with Crippen LogP contribution in [0.1, 0.15) is 46.0 Å². The molecule has 0 amide bonds. The second-order valence-electron chi connectivity index (χ2n) is 5.13. The first kappa shape index (κ1) is 10.0. The lowest BCUT2D eigenvalue weighted by molar-refractivity contribution is -0.0445. The highest BCUT2D eigenvalue weighted by atomic mass is 16.3. The second kappa shape index (κ2) is 3.27. The minimum absolute atomic E-state index is 0.0224. The second-order valence-corrected chi connectivity index (χ2v) is 5.13. The van der Waals surface area contributed by atoms with Crippen molar-refractivity contribution in [3.05, 3.63) is 11.3 Å². The van der Waals surface area contributed by atoms with E-state index in [0.29, 0.717) is 11.7 Å². The van der Waals surface area contributed by atoms with Crippen molar-refractivity contribution in [2.75, 3.05) is 0 Å². The van der Waals surface area contributed by atoms with Gasteiger partial charge in [-0.05, 0) is 37.7 Å².